The van der Waals surface area contributed by atoms with Gasteiger partial charge in [-0.2, -0.15) is 0 Å². The standard InChI is InChI=1S/C13H11NO3S/c1-17-11-3-2-4-12(14-11)18-10-7-5-9(6-8-10)13(15)16/h2-8H,1H3,(H,15,16). The lowest BCUT2D eigenvalue weighted by Gasteiger charge is -2.03. The van der Waals surface area contributed by atoms with Gasteiger partial charge in [-0.1, -0.05) is 17.8 Å². The van der Waals surface area contributed by atoms with Gasteiger partial charge in [0.2, 0.25) is 5.88 Å². The molecule has 4 nitrogen and oxygen atoms in total. The number of hydrogen-bond donors (Lipinski definition) is 1. The van der Waals surface area contributed by atoms with Crippen LogP contribution in [0.3, 0.4) is 0 Å². The van der Waals surface area contributed by atoms with Crippen molar-refractivity contribution in [2.24, 2.45) is 0 Å². The molecule has 0 amide bonds. The highest BCUT2D eigenvalue weighted by Crippen LogP contribution is 2.27. The summed E-state index contributed by atoms with van der Waals surface area (Å²) in [6, 6.07) is 12.2. The molecule has 0 unspecified atom stereocenters. The minimum Gasteiger partial charge on any atom is -0.481 e. The van der Waals surface area contributed by atoms with Gasteiger partial charge in [0, 0.05) is 11.0 Å². The van der Waals surface area contributed by atoms with Crippen LogP contribution in [-0.2, 0) is 0 Å². The van der Waals surface area contributed by atoms with Gasteiger partial charge in [-0.05, 0) is 30.3 Å². The van der Waals surface area contributed by atoms with E-state index < -0.39 is 5.97 Å². The van der Waals surface area contributed by atoms with Crippen LogP contribution in [0.15, 0.2) is 52.4 Å². The number of methoxy groups -OCH3 is 1. The molecule has 0 spiro atoms. The van der Waals surface area contributed by atoms with E-state index in [2.05, 4.69) is 4.98 Å². The summed E-state index contributed by atoms with van der Waals surface area (Å²) >= 11 is 1.45. The molecule has 5 heteroatoms. The van der Waals surface area contributed by atoms with Crippen LogP contribution in [0.5, 0.6) is 5.88 Å². The van der Waals surface area contributed by atoms with Crippen LogP contribution in [0.4, 0.5) is 0 Å². The van der Waals surface area contributed by atoms with E-state index in [1.54, 1.807) is 37.4 Å². The van der Waals surface area contributed by atoms with E-state index in [0.717, 1.165) is 9.92 Å². The summed E-state index contributed by atoms with van der Waals surface area (Å²) in [6.45, 7) is 0. The fourth-order valence-corrected chi connectivity index (χ4v) is 2.15. The first kappa shape index (κ1) is 12.4. The maximum Gasteiger partial charge on any atom is 0.335 e. The molecule has 0 saturated carbocycles. The Balaban J connectivity index is 2.15. The van der Waals surface area contributed by atoms with Crippen LogP contribution < -0.4 is 4.74 Å². The van der Waals surface area contributed by atoms with E-state index in [9.17, 15) is 4.79 Å². The third kappa shape index (κ3) is 3.01. The number of nitrogens with zero attached hydrogens (tertiary/aromatic N) is 1. The Kier molecular flexibility index (Phi) is 3.84. The van der Waals surface area contributed by atoms with E-state index >= 15 is 0 Å². The van der Waals surface area contributed by atoms with Crippen molar-refractivity contribution in [2.45, 2.75) is 9.92 Å². The Morgan fingerprint density at radius 3 is 2.56 bits per heavy atom. The van der Waals surface area contributed by atoms with Crippen molar-refractivity contribution >= 4 is 17.7 Å². The van der Waals surface area contributed by atoms with Gasteiger partial charge in [-0.25, -0.2) is 9.78 Å². The van der Waals surface area contributed by atoms with Crippen molar-refractivity contribution in [1.29, 1.82) is 0 Å². The molecule has 1 heterocycles. The predicted octanol–water partition coefficient (Wildman–Crippen LogP) is 2.94. The molecule has 1 aromatic heterocycles. The second kappa shape index (κ2) is 5.55. The van der Waals surface area contributed by atoms with Crippen LogP contribution >= 0.6 is 11.8 Å². The molecule has 0 bridgehead atoms. The molecule has 0 saturated heterocycles. The van der Waals surface area contributed by atoms with Gasteiger partial charge in [0.05, 0.1) is 12.7 Å². The van der Waals surface area contributed by atoms with Crippen molar-refractivity contribution in [3.05, 3.63) is 48.0 Å². The topological polar surface area (TPSA) is 59.4 Å². The van der Waals surface area contributed by atoms with Crippen LogP contribution in [0, 0.1) is 0 Å². The van der Waals surface area contributed by atoms with Crippen LogP contribution in [-0.4, -0.2) is 23.2 Å². The zero-order valence-electron chi connectivity index (χ0n) is 9.66. The molecule has 0 aliphatic carbocycles. The largest absolute Gasteiger partial charge is 0.481 e. The van der Waals surface area contributed by atoms with E-state index in [1.807, 2.05) is 12.1 Å². The lowest BCUT2D eigenvalue weighted by molar-refractivity contribution is 0.0697. The number of carboxylic acid groups (broad SMARTS) is 1. The molecular formula is C13H11NO3S. The van der Waals surface area contributed by atoms with E-state index in [-0.39, 0.29) is 5.56 Å². The first-order valence-electron chi connectivity index (χ1n) is 5.21. The predicted molar refractivity (Wildman–Crippen MR) is 68.3 cm³/mol. The van der Waals surface area contributed by atoms with E-state index in [0.29, 0.717) is 5.88 Å². The smallest absolute Gasteiger partial charge is 0.335 e. The van der Waals surface area contributed by atoms with Crippen LogP contribution in [0.2, 0.25) is 0 Å². The third-order valence-corrected chi connectivity index (χ3v) is 3.18. The molecule has 2 rings (SSSR count). The molecule has 0 atom stereocenters. The summed E-state index contributed by atoms with van der Waals surface area (Å²) in [5.74, 6) is -0.367. The molecule has 0 aliphatic rings. The number of aromatic nitrogens is 1. The Morgan fingerprint density at radius 2 is 1.94 bits per heavy atom. The summed E-state index contributed by atoms with van der Waals surface area (Å²) in [6.07, 6.45) is 0. The number of pyridine rings is 1. The molecule has 92 valence electrons. The summed E-state index contributed by atoms with van der Waals surface area (Å²) in [5.41, 5.74) is 0.276. The maximum atomic E-state index is 10.7. The summed E-state index contributed by atoms with van der Waals surface area (Å²) < 4.78 is 5.04. The van der Waals surface area contributed by atoms with Gasteiger partial charge in [-0.15, -0.1) is 0 Å². The lowest BCUT2D eigenvalue weighted by Crippen LogP contribution is -1.94. The molecule has 18 heavy (non-hydrogen) atoms. The number of carbonyl (C=O) groups is 1. The van der Waals surface area contributed by atoms with Crippen LogP contribution in [0.1, 0.15) is 10.4 Å². The molecular weight excluding hydrogens is 250 g/mol. The zero-order valence-corrected chi connectivity index (χ0v) is 10.5. The average Bonchev–Trinajstić information content (AvgIpc) is 2.39. The Hall–Kier alpha value is -2.01. The molecule has 0 aliphatic heterocycles. The van der Waals surface area contributed by atoms with Crippen molar-refractivity contribution in [3.8, 4) is 5.88 Å². The van der Waals surface area contributed by atoms with Gasteiger partial charge < -0.3 is 9.84 Å². The minimum absolute atomic E-state index is 0.276. The highest BCUT2D eigenvalue weighted by atomic mass is 32.2. The number of benzene rings is 1. The average molecular weight is 261 g/mol. The summed E-state index contributed by atoms with van der Waals surface area (Å²) in [5, 5.41) is 9.60. The van der Waals surface area contributed by atoms with Gasteiger partial charge in [0.15, 0.2) is 0 Å². The van der Waals surface area contributed by atoms with E-state index in [4.69, 9.17) is 9.84 Å². The maximum absolute atomic E-state index is 10.7. The highest BCUT2D eigenvalue weighted by Gasteiger charge is 2.04. The molecule has 0 radical (unpaired) electrons. The van der Waals surface area contributed by atoms with Gasteiger partial charge >= 0.3 is 5.97 Å². The van der Waals surface area contributed by atoms with Gasteiger partial charge in [0.25, 0.3) is 0 Å². The number of ether oxygens (including phenoxy) is 1. The number of aromatic carboxylic acids is 1. The van der Waals surface area contributed by atoms with Crippen molar-refractivity contribution in [1.82, 2.24) is 4.98 Å². The van der Waals surface area contributed by atoms with Crippen molar-refractivity contribution in [2.75, 3.05) is 7.11 Å². The summed E-state index contributed by atoms with van der Waals surface area (Å²) in [7, 11) is 1.57. The fraction of sp³-hybridized carbons (Fsp3) is 0.0769. The molecule has 1 N–H and O–H groups in total. The Bertz CT molecular complexity index is 554. The first-order valence-corrected chi connectivity index (χ1v) is 6.03. The molecule has 1 aromatic carbocycles. The quantitative estimate of drug-likeness (QED) is 0.917. The van der Waals surface area contributed by atoms with E-state index in [1.165, 1.54) is 11.8 Å². The Labute approximate surface area is 109 Å². The SMILES string of the molecule is COc1cccc(Sc2ccc(C(=O)O)cc2)n1. The number of hydrogen-bond acceptors (Lipinski definition) is 4. The molecule has 0 fully saturated rings. The van der Waals surface area contributed by atoms with Crippen LogP contribution in [0.25, 0.3) is 0 Å². The number of rotatable bonds is 4. The third-order valence-electron chi connectivity index (χ3n) is 2.23. The summed E-state index contributed by atoms with van der Waals surface area (Å²) in [4.78, 5) is 15.9. The highest BCUT2D eigenvalue weighted by molar-refractivity contribution is 7.99. The second-order valence-electron chi connectivity index (χ2n) is 3.45. The Morgan fingerprint density at radius 1 is 1.22 bits per heavy atom. The number of carboxylic acids is 1. The van der Waals surface area contributed by atoms with Gasteiger partial charge in [-0.3, -0.25) is 0 Å². The second-order valence-corrected chi connectivity index (χ2v) is 4.54. The van der Waals surface area contributed by atoms with Gasteiger partial charge in [0.1, 0.15) is 5.03 Å². The fourth-order valence-electron chi connectivity index (χ4n) is 1.35. The zero-order chi connectivity index (χ0) is 13.0. The molecule has 2 aromatic rings. The van der Waals surface area contributed by atoms with Crippen molar-refractivity contribution in [3.63, 3.8) is 0 Å². The first-order chi connectivity index (χ1) is 8.69. The minimum atomic E-state index is -0.925. The monoisotopic (exact) mass is 261 g/mol. The normalized spacial score (nSPS) is 10.1. The lowest BCUT2D eigenvalue weighted by atomic mass is 10.2. The van der Waals surface area contributed by atoms with Crippen molar-refractivity contribution < 1.29 is 14.6 Å².